The summed E-state index contributed by atoms with van der Waals surface area (Å²) in [6.45, 7) is 6.83. The van der Waals surface area contributed by atoms with Crippen LogP contribution in [-0.4, -0.2) is 28.7 Å². The highest BCUT2D eigenvalue weighted by molar-refractivity contribution is 5.90. The van der Waals surface area contributed by atoms with E-state index >= 15 is 0 Å². The lowest BCUT2D eigenvalue weighted by atomic mass is 9.40. The van der Waals surface area contributed by atoms with Crippen LogP contribution >= 0.6 is 0 Å². The number of aliphatic hydroxyl groups excluding tert-OH is 2. The van der Waals surface area contributed by atoms with Gasteiger partial charge < -0.3 is 10.2 Å². The summed E-state index contributed by atoms with van der Waals surface area (Å²) in [6, 6.07) is 0. The highest BCUT2D eigenvalue weighted by Crippen LogP contribution is 2.70. The van der Waals surface area contributed by atoms with Gasteiger partial charge in [0, 0.05) is 10.8 Å². The molecular weight excluding hydrogens is 288 g/mol. The van der Waals surface area contributed by atoms with Gasteiger partial charge in [0.2, 0.25) is 0 Å². The number of carbonyl (C=O) groups excluding carboxylic acids is 1. The number of carbonyl (C=O) groups is 1. The summed E-state index contributed by atoms with van der Waals surface area (Å²) in [4.78, 5) is 13.1. The smallest absolute Gasteiger partial charge is 0.167 e. The molecule has 0 amide bonds. The minimum Gasteiger partial charge on any atom is -0.395 e. The van der Waals surface area contributed by atoms with Gasteiger partial charge >= 0.3 is 0 Å². The highest BCUT2D eigenvalue weighted by atomic mass is 16.3. The topological polar surface area (TPSA) is 57.5 Å². The van der Waals surface area contributed by atoms with Crippen LogP contribution in [-0.2, 0) is 4.79 Å². The van der Waals surface area contributed by atoms with Crippen molar-refractivity contribution in [3.05, 3.63) is 12.2 Å². The molecule has 0 radical (unpaired) electrons. The molecule has 3 nitrogen and oxygen atoms in total. The Morgan fingerprint density at radius 1 is 1.13 bits per heavy atom. The molecule has 23 heavy (non-hydrogen) atoms. The SMILES string of the molecule is CC1(C)C[C@H](O)C(=O)[C@]2(C)[C@@H]1CC[C@@]13C=C[C@@](CO)(CC[C@H]12)C3. The van der Waals surface area contributed by atoms with E-state index < -0.39 is 11.5 Å². The Balaban J connectivity index is 1.79. The van der Waals surface area contributed by atoms with Gasteiger partial charge in [0.25, 0.3) is 0 Å². The van der Waals surface area contributed by atoms with E-state index in [-0.39, 0.29) is 28.6 Å². The van der Waals surface area contributed by atoms with Gasteiger partial charge in [-0.15, -0.1) is 0 Å². The highest BCUT2D eigenvalue weighted by Gasteiger charge is 2.67. The Kier molecular flexibility index (Phi) is 3.09. The summed E-state index contributed by atoms with van der Waals surface area (Å²) >= 11 is 0. The number of rotatable bonds is 1. The van der Waals surface area contributed by atoms with E-state index in [4.69, 9.17) is 0 Å². The van der Waals surface area contributed by atoms with Crippen LogP contribution in [0.5, 0.6) is 0 Å². The molecule has 2 N–H and O–H groups in total. The molecule has 0 aliphatic heterocycles. The second-order valence-electron chi connectivity index (χ2n) is 9.80. The van der Waals surface area contributed by atoms with Gasteiger partial charge in [-0.2, -0.15) is 0 Å². The zero-order valence-electron chi connectivity index (χ0n) is 14.6. The molecular formula is C20H30O3. The predicted octanol–water partition coefficient (Wildman–Crippen LogP) is 3.10. The van der Waals surface area contributed by atoms with Gasteiger partial charge in [-0.3, -0.25) is 4.79 Å². The molecule has 2 bridgehead atoms. The summed E-state index contributed by atoms with van der Waals surface area (Å²) in [5.41, 5.74) is -0.395. The van der Waals surface area contributed by atoms with E-state index in [1.807, 2.05) is 0 Å². The van der Waals surface area contributed by atoms with Crippen molar-refractivity contribution in [2.24, 2.45) is 33.5 Å². The van der Waals surface area contributed by atoms with Crippen LogP contribution in [0.1, 0.15) is 59.3 Å². The van der Waals surface area contributed by atoms with Crippen molar-refractivity contribution in [3.8, 4) is 0 Å². The van der Waals surface area contributed by atoms with Gasteiger partial charge in [-0.25, -0.2) is 0 Å². The average molecular weight is 318 g/mol. The number of Topliss-reactive ketones (excluding diaryl/α,β-unsaturated/α-hetero) is 1. The van der Waals surface area contributed by atoms with Crippen LogP contribution in [0.3, 0.4) is 0 Å². The standard InChI is InChI=1S/C20H30O3/c1-17(2)10-13(22)16(23)18(3)14(17)5-7-20-9-8-19(11-20,12-21)6-4-15(18)20/h8-9,13-15,21-22H,4-7,10-12H2,1-3H3/t13-,14+,15-,18+,19-,20-/m0/s1. The van der Waals surface area contributed by atoms with Crippen LogP contribution in [0, 0.1) is 33.5 Å². The Morgan fingerprint density at radius 3 is 2.52 bits per heavy atom. The minimum atomic E-state index is -0.809. The minimum absolute atomic E-state index is 0.0114. The molecule has 4 aliphatic carbocycles. The maximum atomic E-state index is 13.1. The zero-order valence-corrected chi connectivity index (χ0v) is 14.6. The maximum absolute atomic E-state index is 13.1. The van der Waals surface area contributed by atoms with Crippen LogP contribution in [0.2, 0.25) is 0 Å². The number of aliphatic hydroxyl groups is 2. The van der Waals surface area contributed by atoms with Crippen molar-refractivity contribution in [2.45, 2.75) is 65.4 Å². The Bertz CT molecular complexity index is 579. The average Bonchev–Trinajstić information content (AvgIpc) is 2.77. The maximum Gasteiger partial charge on any atom is 0.167 e. The predicted molar refractivity (Wildman–Crippen MR) is 88.7 cm³/mol. The third kappa shape index (κ3) is 1.81. The lowest BCUT2D eigenvalue weighted by Crippen LogP contribution is -2.63. The van der Waals surface area contributed by atoms with Crippen LogP contribution < -0.4 is 0 Å². The fourth-order valence-electron chi connectivity index (χ4n) is 7.27. The molecule has 0 unspecified atom stereocenters. The third-order valence-corrected chi connectivity index (χ3v) is 8.23. The first-order valence-corrected chi connectivity index (χ1v) is 9.23. The molecule has 3 fully saturated rings. The van der Waals surface area contributed by atoms with Crippen molar-refractivity contribution in [1.82, 2.24) is 0 Å². The van der Waals surface area contributed by atoms with Crippen molar-refractivity contribution in [3.63, 3.8) is 0 Å². The van der Waals surface area contributed by atoms with E-state index in [0.29, 0.717) is 18.3 Å². The molecule has 6 atom stereocenters. The monoisotopic (exact) mass is 318 g/mol. The van der Waals surface area contributed by atoms with Gasteiger partial charge in [-0.05, 0) is 61.2 Å². The van der Waals surface area contributed by atoms with E-state index in [9.17, 15) is 15.0 Å². The molecule has 3 heteroatoms. The molecule has 1 spiro atoms. The summed E-state index contributed by atoms with van der Waals surface area (Å²) in [5, 5.41) is 20.3. The third-order valence-electron chi connectivity index (χ3n) is 8.23. The molecule has 128 valence electrons. The quantitative estimate of drug-likeness (QED) is 0.731. The summed E-state index contributed by atoms with van der Waals surface area (Å²) < 4.78 is 0. The number of hydrogen-bond donors (Lipinski definition) is 2. The van der Waals surface area contributed by atoms with Gasteiger partial charge in [0.05, 0.1) is 6.61 Å². The van der Waals surface area contributed by atoms with Crippen LogP contribution in [0.25, 0.3) is 0 Å². The first-order valence-electron chi connectivity index (χ1n) is 9.23. The van der Waals surface area contributed by atoms with E-state index in [0.717, 1.165) is 32.1 Å². The van der Waals surface area contributed by atoms with Crippen molar-refractivity contribution in [2.75, 3.05) is 6.61 Å². The molecule has 0 heterocycles. The van der Waals surface area contributed by atoms with Crippen molar-refractivity contribution < 1.29 is 15.0 Å². The number of fused-ring (bicyclic) bond motifs is 3. The largest absolute Gasteiger partial charge is 0.395 e. The van der Waals surface area contributed by atoms with Gasteiger partial charge in [0.15, 0.2) is 5.78 Å². The second kappa shape index (κ2) is 4.49. The summed E-state index contributed by atoms with van der Waals surface area (Å²) in [6.07, 6.45) is 9.52. The zero-order chi connectivity index (χ0) is 16.7. The molecule has 0 aromatic heterocycles. The Hall–Kier alpha value is -0.670. The number of ketones is 1. The Labute approximate surface area is 139 Å². The number of hydrogen-bond acceptors (Lipinski definition) is 3. The number of allylic oxidation sites excluding steroid dienone is 1. The van der Waals surface area contributed by atoms with E-state index in [1.165, 1.54) is 0 Å². The lowest BCUT2D eigenvalue weighted by molar-refractivity contribution is -0.184. The fourth-order valence-corrected chi connectivity index (χ4v) is 7.27. The van der Waals surface area contributed by atoms with Crippen molar-refractivity contribution >= 4 is 5.78 Å². The normalized spacial score (nSPS) is 53.8. The molecule has 0 aromatic rings. The van der Waals surface area contributed by atoms with Crippen LogP contribution in [0.4, 0.5) is 0 Å². The molecule has 0 aromatic carbocycles. The van der Waals surface area contributed by atoms with E-state index in [1.54, 1.807) is 0 Å². The van der Waals surface area contributed by atoms with Gasteiger partial charge in [-0.1, -0.05) is 32.9 Å². The second-order valence-corrected chi connectivity index (χ2v) is 9.80. The summed E-state index contributed by atoms with van der Waals surface area (Å²) in [5.74, 6) is 0.758. The first-order chi connectivity index (χ1) is 10.7. The molecule has 3 saturated carbocycles. The Morgan fingerprint density at radius 2 is 1.83 bits per heavy atom. The van der Waals surface area contributed by atoms with Crippen molar-refractivity contribution in [1.29, 1.82) is 0 Å². The fraction of sp³-hybridized carbons (Fsp3) is 0.850. The first kappa shape index (κ1) is 15.8. The molecule has 0 saturated heterocycles. The molecule has 4 rings (SSSR count). The van der Waals surface area contributed by atoms with E-state index in [2.05, 4.69) is 32.9 Å². The lowest BCUT2D eigenvalue weighted by Gasteiger charge is -2.63. The summed E-state index contributed by atoms with van der Waals surface area (Å²) in [7, 11) is 0. The van der Waals surface area contributed by atoms with Gasteiger partial charge in [0.1, 0.15) is 6.10 Å². The van der Waals surface area contributed by atoms with Crippen LogP contribution in [0.15, 0.2) is 12.2 Å². The molecule has 4 aliphatic rings.